The lowest BCUT2D eigenvalue weighted by molar-refractivity contribution is 0.0597. The quantitative estimate of drug-likeness (QED) is 0.837. The molecule has 2 aromatic rings. The van der Waals surface area contributed by atoms with Gasteiger partial charge in [0.05, 0.1) is 26.4 Å². The van der Waals surface area contributed by atoms with E-state index >= 15 is 0 Å². The molecule has 0 radical (unpaired) electrons. The second-order valence-corrected chi connectivity index (χ2v) is 5.09. The van der Waals surface area contributed by atoms with Crippen LogP contribution in [0.3, 0.4) is 0 Å². The number of amides is 1. The van der Waals surface area contributed by atoms with Gasteiger partial charge in [-0.25, -0.2) is 4.79 Å². The van der Waals surface area contributed by atoms with E-state index in [-0.39, 0.29) is 21.9 Å². The maximum Gasteiger partial charge on any atom is 0.341 e. The zero-order valence-electron chi connectivity index (χ0n) is 13.4. The molecule has 0 heterocycles. The van der Waals surface area contributed by atoms with E-state index in [0.29, 0.717) is 11.4 Å². The predicted molar refractivity (Wildman–Crippen MR) is 90.3 cm³/mol. The molecule has 0 fully saturated rings. The van der Waals surface area contributed by atoms with Gasteiger partial charge in [-0.2, -0.15) is 0 Å². The Morgan fingerprint density at radius 3 is 2.33 bits per heavy atom. The summed E-state index contributed by atoms with van der Waals surface area (Å²) in [6.45, 7) is 0. The van der Waals surface area contributed by atoms with Gasteiger partial charge in [-0.15, -0.1) is 0 Å². The number of esters is 1. The number of carbonyl (C=O) groups excluding carboxylic acids is 2. The Bertz CT molecular complexity index is 776. The van der Waals surface area contributed by atoms with Crippen LogP contribution in [0.25, 0.3) is 0 Å². The molecule has 0 aromatic heterocycles. The molecule has 126 valence electrons. The monoisotopic (exact) mass is 349 g/mol. The first kappa shape index (κ1) is 17.6. The second-order valence-electron chi connectivity index (χ2n) is 4.68. The van der Waals surface area contributed by atoms with Gasteiger partial charge in [0.15, 0.2) is 0 Å². The molecule has 1 N–H and O–H groups in total. The topological polar surface area (TPSA) is 73.9 Å². The van der Waals surface area contributed by atoms with Gasteiger partial charge >= 0.3 is 5.97 Å². The lowest BCUT2D eigenvalue weighted by atomic mass is 10.1. The van der Waals surface area contributed by atoms with Crippen LogP contribution < -0.4 is 14.8 Å². The second kappa shape index (κ2) is 7.70. The Labute approximate surface area is 144 Å². The summed E-state index contributed by atoms with van der Waals surface area (Å²) in [5.41, 5.74) is 0.914. The van der Waals surface area contributed by atoms with E-state index in [4.69, 9.17) is 21.1 Å². The smallest absolute Gasteiger partial charge is 0.341 e. The molecule has 24 heavy (non-hydrogen) atoms. The number of benzene rings is 2. The first-order valence-corrected chi connectivity index (χ1v) is 7.29. The Kier molecular flexibility index (Phi) is 5.65. The average Bonchev–Trinajstić information content (AvgIpc) is 2.60. The number of carbonyl (C=O) groups is 2. The van der Waals surface area contributed by atoms with Crippen molar-refractivity contribution in [3.8, 4) is 11.5 Å². The molecule has 0 aliphatic heterocycles. The van der Waals surface area contributed by atoms with Gasteiger partial charge in [-0.1, -0.05) is 17.7 Å². The summed E-state index contributed by atoms with van der Waals surface area (Å²) in [6.07, 6.45) is 0. The zero-order chi connectivity index (χ0) is 17.7. The lowest BCUT2D eigenvalue weighted by Crippen LogP contribution is -2.14. The van der Waals surface area contributed by atoms with Crippen LogP contribution in [0, 0.1) is 0 Å². The van der Waals surface area contributed by atoms with Gasteiger partial charge in [0.25, 0.3) is 5.91 Å². The van der Waals surface area contributed by atoms with Gasteiger partial charge < -0.3 is 19.5 Å². The zero-order valence-corrected chi connectivity index (χ0v) is 14.1. The number of nitrogens with one attached hydrogen (secondary N) is 1. The van der Waals surface area contributed by atoms with Crippen molar-refractivity contribution in [1.82, 2.24) is 0 Å². The molecule has 1 amide bonds. The van der Waals surface area contributed by atoms with Gasteiger partial charge in [0.2, 0.25) is 0 Å². The molecule has 0 aliphatic rings. The molecule has 0 aliphatic carbocycles. The van der Waals surface area contributed by atoms with Crippen molar-refractivity contribution in [3.05, 3.63) is 52.5 Å². The highest BCUT2D eigenvalue weighted by molar-refractivity contribution is 6.35. The summed E-state index contributed by atoms with van der Waals surface area (Å²) in [4.78, 5) is 24.1. The first-order chi connectivity index (χ1) is 11.5. The normalized spacial score (nSPS) is 10.0. The van der Waals surface area contributed by atoms with E-state index in [1.54, 1.807) is 24.3 Å². The van der Waals surface area contributed by atoms with Crippen molar-refractivity contribution in [1.29, 1.82) is 0 Å². The number of hydrogen-bond donors (Lipinski definition) is 1. The number of anilines is 1. The average molecular weight is 350 g/mol. The Hall–Kier alpha value is -2.73. The van der Waals surface area contributed by atoms with E-state index in [1.165, 1.54) is 33.5 Å². The van der Waals surface area contributed by atoms with Crippen LogP contribution in [-0.4, -0.2) is 33.2 Å². The molecule has 0 atom stereocenters. The summed E-state index contributed by atoms with van der Waals surface area (Å²) in [5, 5.41) is 2.97. The molecule has 0 saturated heterocycles. The summed E-state index contributed by atoms with van der Waals surface area (Å²) in [6, 6.07) is 9.52. The van der Waals surface area contributed by atoms with Crippen molar-refractivity contribution >= 4 is 29.2 Å². The largest absolute Gasteiger partial charge is 0.496 e. The third-order valence-corrected chi connectivity index (χ3v) is 3.60. The fourth-order valence-electron chi connectivity index (χ4n) is 2.14. The molecular weight excluding hydrogens is 334 g/mol. The van der Waals surface area contributed by atoms with E-state index < -0.39 is 11.9 Å². The highest BCUT2D eigenvalue weighted by atomic mass is 35.5. The highest BCUT2D eigenvalue weighted by Gasteiger charge is 2.18. The summed E-state index contributed by atoms with van der Waals surface area (Å²) < 4.78 is 15.0. The van der Waals surface area contributed by atoms with Crippen LogP contribution in [-0.2, 0) is 4.74 Å². The molecule has 0 spiro atoms. The SMILES string of the molecule is COC(=O)c1ccc(NC(=O)c2c(Cl)cccc2OC)cc1OC. The lowest BCUT2D eigenvalue weighted by Gasteiger charge is -2.12. The van der Waals surface area contributed by atoms with Crippen molar-refractivity contribution in [3.63, 3.8) is 0 Å². The molecule has 0 unspecified atom stereocenters. The van der Waals surface area contributed by atoms with Crippen molar-refractivity contribution in [2.24, 2.45) is 0 Å². The van der Waals surface area contributed by atoms with Crippen LogP contribution in [0.1, 0.15) is 20.7 Å². The fourth-order valence-corrected chi connectivity index (χ4v) is 2.39. The molecule has 2 aromatic carbocycles. The summed E-state index contributed by atoms with van der Waals surface area (Å²) >= 11 is 6.09. The number of ether oxygens (including phenoxy) is 3. The number of rotatable bonds is 5. The third kappa shape index (κ3) is 3.60. The maximum absolute atomic E-state index is 12.5. The third-order valence-electron chi connectivity index (χ3n) is 3.29. The van der Waals surface area contributed by atoms with Gasteiger partial charge in [-0.3, -0.25) is 4.79 Å². The standard InChI is InChI=1S/C17H16ClNO5/c1-22-13-6-4-5-12(18)15(13)16(20)19-10-7-8-11(17(21)24-3)14(9-10)23-2/h4-9H,1-3H3,(H,19,20). The van der Waals surface area contributed by atoms with Gasteiger partial charge in [0, 0.05) is 11.8 Å². The van der Waals surface area contributed by atoms with Crippen molar-refractivity contribution in [2.45, 2.75) is 0 Å². The highest BCUT2D eigenvalue weighted by Crippen LogP contribution is 2.29. The summed E-state index contributed by atoms with van der Waals surface area (Å²) in [5.74, 6) is -0.327. The number of methoxy groups -OCH3 is 3. The first-order valence-electron chi connectivity index (χ1n) is 6.92. The Morgan fingerprint density at radius 2 is 1.71 bits per heavy atom. The fraction of sp³-hybridized carbons (Fsp3) is 0.176. The van der Waals surface area contributed by atoms with E-state index in [0.717, 1.165) is 0 Å². The van der Waals surface area contributed by atoms with Crippen LogP contribution >= 0.6 is 11.6 Å². The van der Waals surface area contributed by atoms with Crippen molar-refractivity contribution < 1.29 is 23.8 Å². The molecule has 0 saturated carbocycles. The molecular formula is C17H16ClNO5. The maximum atomic E-state index is 12.5. The van der Waals surface area contributed by atoms with E-state index in [9.17, 15) is 9.59 Å². The molecule has 0 bridgehead atoms. The predicted octanol–water partition coefficient (Wildman–Crippen LogP) is 3.40. The Morgan fingerprint density at radius 1 is 1.00 bits per heavy atom. The van der Waals surface area contributed by atoms with Crippen LogP contribution in [0.2, 0.25) is 5.02 Å². The molecule has 2 rings (SSSR count). The van der Waals surface area contributed by atoms with E-state index in [2.05, 4.69) is 10.1 Å². The minimum atomic E-state index is -0.530. The Balaban J connectivity index is 2.32. The van der Waals surface area contributed by atoms with Gasteiger partial charge in [-0.05, 0) is 24.3 Å². The number of halogens is 1. The number of hydrogen-bond acceptors (Lipinski definition) is 5. The van der Waals surface area contributed by atoms with Crippen LogP contribution in [0.15, 0.2) is 36.4 Å². The minimum Gasteiger partial charge on any atom is -0.496 e. The molecule has 6 nitrogen and oxygen atoms in total. The molecule has 7 heteroatoms. The minimum absolute atomic E-state index is 0.220. The van der Waals surface area contributed by atoms with Crippen LogP contribution in [0.5, 0.6) is 11.5 Å². The van der Waals surface area contributed by atoms with Crippen LogP contribution in [0.4, 0.5) is 5.69 Å². The van der Waals surface area contributed by atoms with E-state index in [1.807, 2.05) is 0 Å². The van der Waals surface area contributed by atoms with Gasteiger partial charge in [0.1, 0.15) is 22.6 Å². The van der Waals surface area contributed by atoms with Crippen molar-refractivity contribution in [2.75, 3.05) is 26.6 Å². The summed E-state index contributed by atoms with van der Waals surface area (Å²) in [7, 11) is 4.15.